The number of anilines is 1. The molecule has 2 aromatic rings. The molecule has 2 fully saturated rings. The maximum absolute atomic E-state index is 13.6. The van der Waals surface area contributed by atoms with Crippen LogP contribution in [0.15, 0.2) is 24.3 Å². The Morgan fingerprint density at radius 2 is 1.91 bits per heavy atom. The number of benzene rings is 1. The van der Waals surface area contributed by atoms with Crippen LogP contribution >= 0.6 is 0 Å². The molecular formula is C23H23F3N4O4. The minimum atomic E-state index is -4.62. The molecule has 0 radical (unpaired) electrons. The minimum Gasteiger partial charge on any atom is -0.476 e. The van der Waals surface area contributed by atoms with Crippen LogP contribution in [0.5, 0.6) is 0 Å². The Morgan fingerprint density at radius 3 is 2.47 bits per heavy atom. The summed E-state index contributed by atoms with van der Waals surface area (Å²) in [4.78, 5) is 40.1. The van der Waals surface area contributed by atoms with E-state index in [0.29, 0.717) is 11.4 Å². The molecule has 8 nitrogen and oxygen atoms in total. The molecule has 2 saturated carbocycles. The monoisotopic (exact) mass is 476 g/mol. The Morgan fingerprint density at radius 1 is 1.21 bits per heavy atom. The van der Waals surface area contributed by atoms with Crippen LogP contribution in [-0.2, 0) is 11.0 Å². The molecule has 2 amide bonds. The zero-order chi connectivity index (χ0) is 24.4. The number of carbonyl (C=O) groups excluding carboxylic acids is 2. The first-order valence-electron chi connectivity index (χ1n) is 11.3. The lowest BCUT2D eigenvalue weighted by Gasteiger charge is -2.38. The van der Waals surface area contributed by atoms with Crippen LogP contribution in [-0.4, -0.2) is 45.3 Å². The topological polar surface area (TPSA) is 105 Å². The van der Waals surface area contributed by atoms with E-state index >= 15 is 0 Å². The second-order valence-corrected chi connectivity index (χ2v) is 9.04. The number of carbonyl (C=O) groups is 3. The highest BCUT2D eigenvalue weighted by Gasteiger charge is 2.52. The summed E-state index contributed by atoms with van der Waals surface area (Å²) in [5.41, 5.74) is -0.899. The van der Waals surface area contributed by atoms with E-state index in [2.05, 4.69) is 10.4 Å². The number of rotatable bonds is 6. The van der Waals surface area contributed by atoms with Crippen molar-refractivity contribution in [3.8, 4) is 0 Å². The molecule has 2 N–H and O–H groups in total. The van der Waals surface area contributed by atoms with Crippen LogP contribution < -0.4 is 10.2 Å². The average molecular weight is 476 g/mol. The van der Waals surface area contributed by atoms with Crippen molar-refractivity contribution in [2.24, 2.45) is 5.92 Å². The van der Waals surface area contributed by atoms with E-state index in [-0.39, 0.29) is 29.8 Å². The lowest BCUT2D eigenvalue weighted by atomic mass is 9.82. The zero-order valence-electron chi connectivity index (χ0n) is 18.3. The summed E-state index contributed by atoms with van der Waals surface area (Å²) in [7, 11) is 0. The summed E-state index contributed by atoms with van der Waals surface area (Å²) < 4.78 is 41.0. The van der Waals surface area contributed by atoms with E-state index in [9.17, 15) is 32.7 Å². The van der Waals surface area contributed by atoms with E-state index in [1.54, 1.807) is 11.6 Å². The third kappa shape index (κ3) is 3.72. The van der Waals surface area contributed by atoms with Gasteiger partial charge in [-0.15, -0.1) is 0 Å². The van der Waals surface area contributed by atoms with Gasteiger partial charge in [0.15, 0.2) is 5.69 Å². The third-order valence-electron chi connectivity index (χ3n) is 6.68. The minimum absolute atomic E-state index is 0.0246. The highest BCUT2D eigenvalue weighted by atomic mass is 19.4. The Labute approximate surface area is 192 Å². The van der Waals surface area contributed by atoms with Crippen LogP contribution in [0, 0.1) is 5.92 Å². The van der Waals surface area contributed by atoms with Crippen LogP contribution in [0.2, 0.25) is 0 Å². The maximum atomic E-state index is 13.6. The van der Waals surface area contributed by atoms with Crippen LogP contribution in [0.4, 0.5) is 19.0 Å². The Bertz CT molecular complexity index is 1180. The van der Waals surface area contributed by atoms with E-state index in [1.165, 1.54) is 11.0 Å². The van der Waals surface area contributed by atoms with Gasteiger partial charge in [-0.1, -0.05) is 6.07 Å². The third-order valence-corrected chi connectivity index (χ3v) is 6.68. The average Bonchev–Trinajstić information content (AvgIpc) is 3.71. The predicted molar refractivity (Wildman–Crippen MR) is 114 cm³/mol. The molecule has 0 unspecified atom stereocenters. The number of alkyl halides is 3. The number of carboxylic acid groups (broad SMARTS) is 1. The van der Waals surface area contributed by atoms with E-state index in [1.807, 2.05) is 0 Å². The number of nitrogens with zero attached hydrogens (tertiary/aromatic N) is 3. The smallest absolute Gasteiger partial charge is 0.416 e. The molecule has 2 atom stereocenters. The van der Waals surface area contributed by atoms with Crippen LogP contribution in [0.3, 0.4) is 0 Å². The Kier molecular flexibility index (Phi) is 5.18. The van der Waals surface area contributed by atoms with Gasteiger partial charge in [-0.2, -0.15) is 18.3 Å². The predicted octanol–water partition coefficient (Wildman–Crippen LogP) is 3.59. The number of carboxylic acids is 1. The fourth-order valence-electron chi connectivity index (χ4n) is 4.82. The fourth-order valence-corrected chi connectivity index (χ4v) is 4.82. The molecule has 2 heterocycles. The van der Waals surface area contributed by atoms with Gasteiger partial charge in [-0.05, 0) is 56.7 Å². The summed E-state index contributed by atoms with van der Waals surface area (Å²) in [5, 5.41) is 16.9. The number of hydrogen-bond donors (Lipinski definition) is 2. The first-order chi connectivity index (χ1) is 16.1. The molecule has 3 aliphatic rings. The van der Waals surface area contributed by atoms with Crippen molar-refractivity contribution in [1.29, 1.82) is 0 Å². The van der Waals surface area contributed by atoms with Gasteiger partial charge < -0.3 is 10.4 Å². The molecular weight excluding hydrogens is 453 g/mol. The van der Waals surface area contributed by atoms with Crippen molar-refractivity contribution >= 4 is 23.6 Å². The summed E-state index contributed by atoms with van der Waals surface area (Å²) in [6.45, 7) is 1.98. The number of halogens is 3. The first kappa shape index (κ1) is 22.4. The first-order valence-corrected chi connectivity index (χ1v) is 11.3. The summed E-state index contributed by atoms with van der Waals surface area (Å²) in [5.74, 6) is -2.61. The Hall–Kier alpha value is -3.37. The largest absolute Gasteiger partial charge is 0.476 e. The number of fused-ring (bicyclic) bond motifs is 1. The fraction of sp³-hybridized carbons (Fsp3) is 0.478. The van der Waals surface area contributed by atoms with Gasteiger partial charge >= 0.3 is 12.1 Å². The number of nitrogens with one attached hydrogen (secondary N) is 1. The van der Waals surface area contributed by atoms with Gasteiger partial charge in [0.25, 0.3) is 11.8 Å². The summed E-state index contributed by atoms with van der Waals surface area (Å²) in [6.07, 6.45) is -1.43. The van der Waals surface area contributed by atoms with Gasteiger partial charge in [0.1, 0.15) is 11.9 Å². The van der Waals surface area contributed by atoms with Gasteiger partial charge in [0.2, 0.25) is 0 Å². The molecule has 1 aromatic heterocycles. The number of aromatic nitrogens is 2. The number of hydrogen-bond acceptors (Lipinski definition) is 4. The number of likely N-dealkylation sites (N-methyl/N-ethyl adjacent to an activating group) is 1. The molecule has 5 rings (SSSR count). The number of amides is 2. The van der Waals surface area contributed by atoms with Gasteiger partial charge in [-0.25, -0.2) is 9.48 Å². The maximum Gasteiger partial charge on any atom is 0.416 e. The van der Waals surface area contributed by atoms with Gasteiger partial charge in [0, 0.05) is 23.6 Å². The van der Waals surface area contributed by atoms with Crippen LogP contribution in [0.25, 0.3) is 0 Å². The molecule has 0 bridgehead atoms. The number of aromatic carboxylic acids is 1. The van der Waals surface area contributed by atoms with Crippen LogP contribution in [0.1, 0.15) is 76.5 Å². The molecule has 1 aromatic carbocycles. The quantitative estimate of drug-likeness (QED) is 0.663. The van der Waals surface area contributed by atoms with Crippen molar-refractivity contribution < 1.29 is 32.7 Å². The van der Waals surface area contributed by atoms with Crippen molar-refractivity contribution in [3.05, 3.63) is 46.6 Å². The van der Waals surface area contributed by atoms with E-state index in [4.69, 9.17) is 0 Å². The molecule has 34 heavy (non-hydrogen) atoms. The Balaban J connectivity index is 1.56. The van der Waals surface area contributed by atoms with Gasteiger partial charge in [0.05, 0.1) is 11.6 Å². The SMILES string of the molecule is CCN1C(=O)[C@H](NC(=O)c2cccc(C(F)(F)F)c2)[C@H](C2CC2)c2c(C(=O)O)nn(C3CC3)c21. The molecule has 1 aliphatic heterocycles. The molecule has 0 saturated heterocycles. The van der Waals surface area contributed by atoms with E-state index in [0.717, 1.165) is 43.9 Å². The molecule has 2 aliphatic carbocycles. The highest BCUT2D eigenvalue weighted by molar-refractivity contribution is 6.06. The summed E-state index contributed by atoms with van der Waals surface area (Å²) in [6, 6.07) is 2.92. The van der Waals surface area contributed by atoms with Crippen molar-refractivity contribution in [1.82, 2.24) is 15.1 Å². The lowest BCUT2D eigenvalue weighted by molar-refractivity contribution is -0.137. The van der Waals surface area contributed by atoms with Crippen molar-refractivity contribution in [3.63, 3.8) is 0 Å². The standard InChI is InChI=1S/C23H23F3N4O4/c1-2-29-20-16(18(22(33)34)28-30(20)14-8-9-14)15(11-6-7-11)17(21(29)32)27-19(31)12-4-3-5-13(10-12)23(24,25)26/h3-5,10-11,14-15,17H,2,6-9H2,1H3,(H,27,31)(H,33,34)/t15-,17-/m1/s1. The molecule has 11 heteroatoms. The zero-order valence-corrected chi connectivity index (χ0v) is 18.3. The summed E-state index contributed by atoms with van der Waals surface area (Å²) >= 11 is 0. The van der Waals surface area contributed by atoms with Crippen molar-refractivity contribution in [2.75, 3.05) is 11.4 Å². The van der Waals surface area contributed by atoms with Gasteiger partial charge in [-0.3, -0.25) is 14.5 Å². The second-order valence-electron chi connectivity index (χ2n) is 9.04. The molecule has 0 spiro atoms. The van der Waals surface area contributed by atoms with Crippen molar-refractivity contribution in [2.45, 2.75) is 56.8 Å². The molecule has 180 valence electrons. The van der Waals surface area contributed by atoms with E-state index < -0.39 is 41.5 Å². The highest BCUT2D eigenvalue weighted by Crippen LogP contribution is 2.53. The second kappa shape index (κ2) is 7.85. The normalized spacial score (nSPS) is 22.5. The lowest BCUT2D eigenvalue weighted by Crippen LogP contribution is -2.56.